The smallest absolute Gasteiger partial charge is 0.315 e. The minimum Gasteiger partial charge on any atom is -0.493 e. The Morgan fingerprint density at radius 1 is 1.29 bits per heavy atom. The van der Waals surface area contributed by atoms with Crippen molar-refractivity contribution in [1.29, 1.82) is 0 Å². The fraction of sp³-hybridized carbons (Fsp3) is 0.273. The Morgan fingerprint density at radius 3 is 2.55 bits per heavy atom. The molecule has 0 aromatic heterocycles. The molecule has 0 saturated carbocycles. The number of thiocarbonyl (C=S) groups is 1. The topological polar surface area (TPSA) is 93.9 Å². The van der Waals surface area contributed by atoms with Crippen molar-refractivity contribution in [1.82, 2.24) is 10.2 Å². The molecular formula is C22H23N3O5S. The molecule has 2 aromatic rings. The van der Waals surface area contributed by atoms with E-state index in [0.717, 1.165) is 0 Å². The largest absolute Gasteiger partial charge is 0.493 e. The number of nitrogens with one attached hydrogen (secondary N) is 1. The highest BCUT2D eigenvalue weighted by atomic mass is 32.1. The van der Waals surface area contributed by atoms with E-state index in [4.69, 9.17) is 21.7 Å². The van der Waals surface area contributed by atoms with Crippen LogP contribution in [0.1, 0.15) is 35.8 Å². The Hall–Kier alpha value is -3.46. The number of hydrogen-bond donors (Lipinski definition) is 1. The Balaban J connectivity index is 2.21. The summed E-state index contributed by atoms with van der Waals surface area (Å²) < 4.78 is 10.8. The number of ketones is 1. The molecule has 9 heteroatoms. The van der Waals surface area contributed by atoms with Crippen LogP contribution in [-0.4, -0.2) is 41.5 Å². The van der Waals surface area contributed by atoms with Crippen LogP contribution in [0.3, 0.4) is 0 Å². The predicted octanol–water partition coefficient (Wildman–Crippen LogP) is 4.02. The zero-order valence-corrected chi connectivity index (χ0v) is 18.5. The zero-order valence-electron chi connectivity index (χ0n) is 17.7. The average Bonchev–Trinajstić information content (AvgIpc) is 2.77. The van der Waals surface area contributed by atoms with Crippen LogP contribution in [0.25, 0.3) is 0 Å². The standard InChI is InChI=1S/C22H23N3O5S/c1-5-30-21-16(25(27)28)11-15(12-17(21)29-4)19-18(13(2)24(3)22(31)23-19)20(26)14-9-7-6-8-10-14/h6-12,19H,5H2,1-4H3,(H,23,31). The van der Waals surface area contributed by atoms with Gasteiger partial charge in [-0.05, 0) is 37.7 Å². The first-order chi connectivity index (χ1) is 14.8. The number of nitro benzene ring substituents is 1. The van der Waals surface area contributed by atoms with Crippen LogP contribution >= 0.6 is 12.2 Å². The van der Waals surface area contributed by atoms with Crippen molar-refractivity contribution in [3.05, 3.63) is 75.0 Å². The maximum absolute atomic E-state index is 13.4. The molecule has 1 heterocycles. The van der Waals surface area contributed by atoms with Crippen molar-refractivity contribution in [2.75, 3.05) is 20.8 Å². The molecule has 0 bridgehead atoms. The third-order valence-corrected chi connectivity index (χ3v) is 5.52. The molecule has 0 radical (unpaired) electrons. The van der Waals surface area contributed by atoms with Crippen molar-refractivity contribution >= 4 is 28.8 Å². The average molecular weight is 442 g/mol. The van der Waals surface area contributed by atoms with Crippen LogP contribution in [-0.2, 0) is 0 Å². The second kappa shape index (κ2) is 9.13. The Labute approximate surface area is 185 Å². The summed E-state index contributed by atoms with van der Waals surface area (Å²) >= 11 is 5.43. The fourth-order valence-corrected chi connectivity index (χ4v) is 3.73. The normalized spacial score (nSPS) is 16.1. The summed E-state index contributed by atoms with van der Waals surface area (Å²) in [6.07, 6.45) is 0. The molecule has 1 N–H and O–H groups in total. The number of hydrogen-bond acceptors (Lipinski definition) is 6. The number of Topliss-reactive ketones (excluding diaryl/α,β-unsaturated/α-hetero) is 1. The minimum absolute atomic E-state index is 0.0471. The van der Waals surface area contributed by atoms with Gasteiger partial charge in [0.15, 0.2) is 16.6 Å². The maximum Gasteiger partial charge on any atom is 0.315 e. The lowest BCUT2D eigenvalue weighted by Crippen LogP contribution is -2.45. The van der Waals surface area contributed by atoms with Crippen LogP contribution in [0.2, 0.25) is 0 Å². The quantitative estimate of drug-likeness (QED) is 0.298. The van der Waals surface area contributed by atoms with E-state index in [1.807, 2.05) is 6.07 Å². The molecule has 1 aliphatic rings. The van der Waals surface area contributed by atoms with Crippen LogP contribution in [0.5, 0.6) is 11.5 Å². The van der Waals surface area contributed by atoms with Gasteiger partial charge in [-0.1, -0.05) is 30.3 Å². The second-order valence-corrected chi connectivity index (χ2v) is 7.28. The van der Waals surface area contributed by atoms with Gasteiger partial charge < -0.3 is 19.7 Å². The number of allylic oxidation sites excluding steroid dienone is 1. The molecular weight excluding hydrogens is 418 g/mol. The molecule has 0 fully saturated rings. The lowest BCUT2D eigenvalue weighted by atomic mass is 9.89. The highest BCUT2D eigenvalue weighted by molar-refractivity contribution is 7.80. The highest BCUT2D eigenvalue weighted by Gasteiger charge is 2.35. The Morgan fingerprint density at radius 2 is 1.97 bits per heavy atom. The first-order valence-electron chi connectivity index (χ1n) is 9.64. The van der Waals surface area contributed by atoms with Gasteiger partial charge in [-0.15, -0.1) is 0 Å². The van der Waals surface area contributed by atoms with Gasteiger partial charge in [0.05, 0.1) is 24.7 Å². The van der Waals surface area contributed by atoms with Gasteiger partial charge in [-0.25, -0.2) is 0 Å². The lowest BCUT2D eigenvalue weighted by molar-refractivity contribution is -0.386. The van der Waals surface area contributed by atoms with Crippen LogP contribution in [0, 0.1) is 10.1 Å². The number of nitrogens with zero attached hydrogens (tertiary/aromatic N) is 2. The van der Waals surface area contributed by atoms with Crippen LogP contribution < -0.4 is 14.8 Å². The summed E-state index contributed by atoms with van der Waals surface area (Å²) in [5.41, 5.74) is 1.85. The van der Waals surface area contributed by atoms with E-state index in [1.165, 1.54) is 13.2 Å². The SMILES string of the molecule is CCOc1c(OC)cc(C2NC(=S)N(C)C(C)=C2C(=O)c2ccccc2)cc1[N+](=O)[O-]. The summed E-state index contributed by atoms with van der Waals surface area (Å²) in [6.45, 7) is 3.77. The van der Waals surface area contributed by atoms with E-state index in [0.29, 0.717) is 27.5 Å². The first-order valence-corrected chi connectivity index (χ1v) is 10.0. The van der Waals surface area contributed by atoms with E-state index in [9.17, 15) is 14.9 Å². The van der Waals surface area contributed by atoms with E-state index >= 15 is 0 Å². The molecule has 0 aliphatic carbocycles. The number of carbonyl (C=O) groups is 1. The molecule has 31 heavy (non-hydrogen) atoms. The highest BCUT2D eigenvalue weighted by Crippen LogP contribution is 2.42. The molecule has 1 atom stereocenters. The van der Waals surface area contributed by atoms with E-state index in [1.54, 1.807) is 56.1 Å². The van der Waals surface area contributed by atoms with Gasteiger partial charge in [0.25, 0.3) is 0 Å². The van der Waals surface area contributed by atoms with Gasteiger partial charge in [0.2, 0.25) is 5.75 Å². The molecule has 1 unspecified atom stereocenters. The lowest BCUT2D eigenvalue weighted by Gasteiger charge is -2.36. The van der Waals surface area contributed by atoms with Gasteiger partial charge in [0.1, 0.15) is 0 Å². The summed E-state index contributed by atoms with van der Waals surface area (Å²) in [7, 11) is 3.18. The number of benzene rings is 2. The number of rotatable bonds is 7. The van der Waals surface area contributed by atoms with E-state index in [-0.39, 0.29) is 29.6 Å². The van der Waals surface area contributed by atoms with E-state index in [2.05, 4.69) is 5.32 Å². The second-order valence-electron chi connectivity index (χ2n) is 6.90. The molecule has 0 saturated heterocycles. The summed E-state index contributed by atoms with van der Waals surface area (Å²) in [6, 6.07) is 11.2. The molecule has 0 spiro atoms. The molecule has 3 rings (SSSR count). The maximum atomic E-state index is 13.4. The van der Waals surface area contributed by atoms with Crippen molar-refractivity contribution in [3.8, 4) is 11.5 Å². The van der Waals surface area contributed by atoms with Crippen LogP contribution in [0.4, 0.5) is 5.69 Å². The number of methoxy groups -OCH3 is 1. The predicted molar refractivity (Wildman–Crippen MR) is 121 cm³/mol. The third-order valence-electron chi connectivity index (χ3n) is 5.13. The first kappa shape index (κ1) is 22.2. The summed E-state index contributed by atoms with van der Waals surface area (Å²) in [5, 5.41) is 15.3. The number of nitro groups is 1. The molecule has 0 amide bonds. The van der Waals surface area contributed by atoms with Crippen molar-refractivity contribution in [2.24, 2.45) is 0 Å². The number of ether oxygens (including phenoxy) is 2. The van der Waals surface area contributed by atoms with Crippen LogP contribution in [0.15, 0.2) is 53.7 Å². The molecule has 2 aromatic carbocycles. The van der Waals surface area contributed by atoms with Crippen molar-refractivity contribution in [2.45, 2.75) is 19.9 Å². The van der Waals surface area contributed by atoms with Crippen molar-refractivity contribution < 1.29 is 19.2 Å². The minimum atomic E-state index is -0.695. The summed E-state index contributed by atoms with van der Waals surface area (Å²) in [5.74, 6) is 0.0632. The molecule has 8 nitrogen and oxygen atoms in total. The van der Waals surface area contributed by atoms with Gasteiger partial charge in [-0.2, -0.15) is 0 Å². The molecule has 1 aliphatic heterocycles. The van der Waals surface area contributed by atoms with Gasteiger partial charge >= 0.3 is 5.69 Å². The van der Waals surface area contributed by atoms with Gasteiger partial charge in [0, 0.05) is 29.9 Å². The number of carbonyl (C=O) groups excluding carboxylic acids is 1. The Kier molecular flexibility index (Phi) is 6.55. The zero-order chi connectivity index (χ0) is 22.7. The monoisotopic (exact) mass is 441 g/mol. The summed E-state index contributed by atoms with van der Waals surface area (Å²) in [4.78, 5) is 26.4. The van der Waals surface area contributed by atoms with Gasteiger partial charge in [-0.3, -0.25) is 14.9 Å². The molecule has 162 valence electrons. The third kappa shape index (κ3) is 4.22. The fourth-order valence-electron chi connectivity index (χ4n) is 3.48. The van der Waals surface area contributed by atoms with E-state index < -0.39 is 11.0 Å². The van der Waals surface area contributed by atoms with Crippen molar-refractivity contribution in [3.63, 3.8) is 0 Å². The Bertz CT molecular complexity index is 1070.